The predicted molar refractivity (Wildman–Crippen MR) is 112 cm³/mol. The van der Waals surface area contributed by atoms with Crippen LogP contribution in [0.1, 0.15) is 41.8 Å². The first kappa shape index (κ1) is 20.2. The van der Waals surface area contributed by atoms with Crippen LogP contribution >= 0.6 is 11.3 Å². The summed E-state index contributed by atoms with van der Waals surface area (Å²) in [6.45, 7) is 2.49. The van der Waals surface area contributed by atoms with Gasteiger partial charge in [0.05, 0.1) is 0 Å². The van der Waals surface area contributed by atoms with Crippen LogP contribution in [0.4, 0.5) is 5.95 Å². The number of hydrogen-bond donors (Lipinski definition) is 1. The van der Waals surface area contributed by atoms with Crippen molar-refractivity contribution in [2.75, 3.05) is 31.1 Å². The van der Waals surface area contributed by atoms with Crippen LogP contribution in [0, 0.1) is 0 Å². The van der Waals surface area contributed by atoms with Gasteiger partial charge in [-0.25, -0.2) is 18.4 Å². The lowest BCUT2D eigenvalue weighted by Crippen LogP contribution is -2.48. The summed E-state index contributed by atoms with van der Waals surface area (Å²) in [5.74, 6) is 0.326. The van der Waals surface area contributed by atoms with Gasteiger partial charge in [-0.3, -0.25) is 4.79 Å². The van der Waals surface area contributed by atoms with Gasteiger partial charge in [0.2, 0.25) is 16.0 Å². The van der Waals surface area contributed by atoms with Gasteiger partial charge >= 0.3 is 0 Å². The van der Waals surface area contributed by atoms with Gasteiger partial charge in [-0.05, 0) is 43.2 Å². The van der Waals surface area contributed by atoms with Crippen molar-refractivity contribution >= 4 is 33.2 Å². The standard InChI is InChI=1S/C19H25N5O3S2/c25-18(22-15-6-4-10-23(14-15)19-20-8-5-9-21-19)17-16(7-13-28-17)29(26,27)24-11-2-1-3-12-24/h5,7-9,13,15H,1-4,6,10-12,14H2,(H,22,25)/t15-/m0/s1. The number of nitrogens with one attached hydrogen (secondary N) is 1. The number of piperidine rings is 2. The second kappa shape index (κ2) is 8.76. The highest BCUT2D eigenvalue weighted by atomic mass is 32.2. The van der Waals surface area contributed by atoms with E-state index in [9.17, 15) is 13.2 Å². The average Bonchev–Trinajstić information content (AvgIpc) is 3.26. The third-order valence-corrected chi connectivity index (χ3v) is 8.34. The zero-order valence-corrected chi connectivity index (χ0v) is 17.8. The number of amides is 1. The van der Waals surface area contributed by atoms with Gasteiger partial charge in [-0.1, -0.05) is 6.42 Å². The van der Waals surface area contributed by atoms with E-state index in [1.807, 2.05) is 4.90 Å². The second-order valence-corrected chi connectivity index (χ2v) is 10.2. The summed E-state index contributed by atoms with van der Waals surface area (Å²) in [6, 6.07) is 3.25. The van der Waals surface area contributed by atoms with Crippen LogP contribution in [0.5, 0.6) is 0 Å². The first-order valence-electron chi connectivity index (χ1n) is 9.96. The highest BCUT2D eigenvalue weighted by Crippen LogP contribution is 2.27. The summed E-state index contributed by atoms with van der Waals surface area (Å²) in [6.07, 6.45) is 7.93. The molecule has 10 heteroatoms. The molecule has 0 unspecified atom stereocenters. The molecule has 2 fully saturated rings. The first-order valence-corrected chi connectivity index (χ1v) is 12.3. The van der Waals surface area contributed by atoms with E-state index in [1.165, 1.54) is 15.6 Å². The third kappa shape index (κ3) is 4.44. The largest absolute Gasteiger partial charge is 0.347 e. The van der Waals surface area contributed by atoms with Crippen LogP contribution < -0.4 is 10.2 Å². The van der Waals surface area contributed by atoms with Crippen molar-refractivity contribution in [1.29, 1.82) is 0 Å². The molecule has 4 rings (SSSR count). The Balaban J connectivity index is 1.46. The van der Waals surface area contributed by atoms with E-state index in [0.29, 0.717) is 25.6 Å². The van der Waals surface area contributed by atoms with Crippen molar-refractivity contribution in [3.05, 3.63) is 34.8 Å². The van der Waals surface area contributed by atoms with E-state index >= 15 is 0 Å². The lowest BCUT2D eigenvalue weighted by molar-refractivity contribution is 0.0934. The van der Waals surface area contributed by atoms with Gasteiger partial charge in [-0.2, -0.15) is 4.31 Å². The lowest BCUT2D eigenvalue weighted by atomic mass is 10.1. The molecule has 2 saturated heterocycles. The zero-order chi connectivity index (χ0) is 20.3. The number of thiophene rings is 1. The molecular weight excluding hydrogens is 410 g/mol. The number of rotatable bonds is 5. The summed E-state index contributed by atoms with van der Waals surface area (Å²) >= 11 is 1.18. The normalized spacial score (nSPS) is 21.1. The molecule has 0 aliphatic carbocycles. The molecule has 1 atom stereocenters. The summed E-state index contributed by atoms with van der Waals surface area (Å²) in [4.78, 5) is 23.9. The van der Waals surface area contributed by atoms with Crippen molar-refractivity contribution in [2.24, 2.45) is 0 Å². The Labute approximate surface area is 175 Å². The maximum absolute atomic E-state index is 13.0. The van der Waals surface area contributed by atoms with Gasteiger partial charge in [0.25, 0.3) is 5.91 Å². The van der Waals surface area contributed by atoms with E-state index < -0.39 is 10.0 Å². The molecular formula is C19H25N5O3S2. The molecule has 1 N–H and O–H groups in total. The molecule has 4 heterocycles. The molecule has 2 aliphatic heterocycles. The number of nitrogens with zero attached hydrogens (tertiary/aromatic N) is 4. The minimum absolute atomic E-state index is 0.0762. The van der Waals surface area contributed by atoms with Crippen molar-refractivity contribution in [1.82, 2.24) is 19.6 Å². The average molecular weight is 436 g/mol. The predicted octanol–water partition coefficient (Wildman–Crippen LogP) is 2.11. The summed E-state index contributed by atoms with van der Waals surface area (Å²) in [5, 5.41) is 4.71. The molecule has 8 nitrogen and oxygen atoms in total. The van der Waals surface area contributed by atoms with E-state index in [4.69, 9.17) is 0 Å². The molecule has 0 radical (unpaired) electrons. The van der Waals surface area contributed by atoms with Crippen LogP contribution in [0.2, 0.25) is 0 Å². The molecule has 0 spiro atoms. The minimum atomic E-state index is -3.64. The summed E-state index contributed by atoms with van der Waals surface area (Å²) < 4.78 is 27.6. The smallest absolute Gasteiger partial charge is 0.263 e. The SMILES string of the molecule is O=C(N[C@H]1CCCN(c2ncccn2)C1)c1sccc1S(=O)(=O)N1CCCCC1. The Bertz CT molecular complexity index is 942. The number of carbonyl (C=O) groups excluding carboxylic acids is 1. The van der Waals surface area contributed by atoms with Crippen LogP contribution in [-0.2, 0) is 10.0 Å². The van der Waals surface area contributed by atoms with Crippen LogP contribution in [-0.4, -0.2) is 60.8 Å². The molecule has 0 aromatic carbocycles. The Kier molecular flexibility index (Phi) is 6.12. The quantitative estimate of drug-likeness (QED) is 0.773. The number of hydrogen-bond acceptors (Lipinski definition) is 7. The minimum Gasteiger partial charge on any atom is -0.347 e. The monoisotopic (exact) mass is 435 g/mol. The van der Waals surface area contributed by atoms with Gasteiger partial charge in [-0.15, -0.1) is 11.3 Å². The first-order chi connectivity index (χ1) is 14.1. The van der Waals surface area contributed by atoms with E-state index in [-0.39, 0.29) is 21.7 Å². The lowest BCUT2D eigenvalue weighted by Gasteiger charge is -2.33. The highest BCUT2D eigenvalue weighted by Gasteiger charge is 2.32. The van der Waals surface area contributed by atoms with Gasteiger partial charge in [0.15, 0.2) is 0 Å². The Morgan fingerprint density at radius 3 is 2.62 bits per heavy atom. The summed E-state index contributed by atoms with van der Waals surface area (Å²) in [5.41, 5.74) is 0. The maximum Gasteiger partial charge on any atom is 0.263 e. The van der Waals surface area contributed by atoms with Crippen molar-refractivity contribution in [3.8, 4) is 0 Å². The third-order valence-electron chi connectivity index (χ3n) is 5.36. The number of anilines is 1. The number of aromatic nitrogens is 2. The summed E-state index contributed by atoms with van der Waals surface area (Å²) in [7, 11) is -3.64. The highest BCUT2D eigenvalue weighted by molar-refractivity contribution is 7.89. The van der Waals surface area contributed by atoms with Crippen molar-refractivity contribution in [3.63, 3.8) is 0 Å². The number of carbonyl (C=O) groups is 1. The second-order valence-electron chi connectivity index (χ2n) is 7.39. The van der Waals surface area contributed by atoms with Crippen LogP contribution in [0.3, 0.4) is 0 Å². The van der Waals surface area contributed by atoms with Gasteiger partial charge in [0, 0.05) is 44.6 Å². The molecule has 0 saturated carbocycles. The van der Waals surface area contributed by atoms with Crippen molar-refractivity contribution in [2.45, 2.75) is 43.0 Å². The van der Waals surface area contributed by atoms with Crippen LogP contribution in [0.15, 0.2) is 34.8 Å². The Hall–Kier alpha value is -2.04. The Morgan fingerprint density at radius 1 is 1.10 bits per heavy atom. The topological polar surface area (TPSA) is 95.5 Å². The molecule has 2 aromatic heterocycles. The fourth-order valence-corrected chi connectivity index (χ4v) is 6.71. The molecule has 2 aromatic rings. The molecule has 29 heavy (non-hydrogen) atoms. The zero-order valence-electron chi connectivity index (χ0n) is 16.2. The fraction of sp³-hybridized carbons (Fsp3) is 0.526. The molecule has 2 aliphatic rings. The van der Waals surface area contributed by atoms with E-state index in [1.54, 1.807) is 29.9 Å². The maximum atomic E-state index is 13.0. The molecule has 0 bridgehead atoms. The van der Waals surface area contributed by atoms with Gasteiger partial charge in [0.1, 0.15) is 9.77 Å². The molecule has 156 valence electrons. The fourth-order valence-electron chi connectivity index (χ4n) is 3.89. The van der Waals surface area contributed by atoms with E-state index in [0.717, 1.165) is 38.6 Å². The number of sulfonamides is 1. The van der Waals surface area contributed by atoms with Gasteiger partial charge < -0.3 is 10.2 Å². The van der Waals surface area contributed by atoms with E-state index in [2.05, 4.69) is 15.3 Å². The Morgan fingerprint density at radius 2 is 1.86 bits per heavy atom. The molecule has 1 amide bonds. The van der Waals surface area contributed by atoms with Crippen molar-refractivity contribution < 1.29 is 13.2 Å². The van der Waals surface area contributed by atoms with Crippen LogP contribution in [0.25, 0.3) is 0 Å².